The minimum Gasteiger partial charge on any atom is -0.481 e. The molecule has 74 valence electrons. The Labute approximate surface area is 76.7 Å². The van der Waals surface area contributed by atoms with Gasteiger partial charge in [-0.05, 0) is 13.5 Å². The van der Waals surface area contributed by atoms with E-state index in [0.29, 0.717) is 6.54 Å². The number of carbonyl (C=O) groups excluding carboxylic acids is 1. The van der Waals surface area contributed by atoms with Crippen molar-refractivity contribution < 1.29 is 14.7 Å². The molecule has 1 rings (SSSR count). The molecule has 1 fully saturated rings. The van der Waals surface area contributed by atoms with Crippen molar-refractivity contribution in [3.05, 3.63) is 0 Å². The summed E-state index contributed by atoms with van der Waals surface area (Å²) >= 11 is 0. The van der Waals surface area contributed by atoms with Crippen molar-refractivity contribution in [1.29, 1.82) is 0 Å². The largest absolute Gasteiger partial charge is 0.481 e. The van der Waals surface area contributed by atoms with E-state index in [0.717, 1.165) is 13.0 Å². The van der Waals surface area contributed by atoms with Crippen molar-refractivity contribution in [2.24, 2.45) is 0 Å². The van der Waals surface area contributed by atoms with Crippen LogP contribution in [0.5, 0.6) is 0 Å². The van der Waals surface area contributed by atoms with Crippen LogP contribution in [-0.4, -0.2) is 48.1 Å². The van der Waals surface area contributed by atoms with Crippen LogP contribution in [0.25, 0.3) is 0 Å². The van der Waals surface area contributed by atoms with Gasteiger partial charge in [0.25, 0.3) is 0 Å². The topological polar surface area (TPSA) is 69.6 Å². The number of amides is 1. The number of carboxylic acids is 1. The monoisotopic (exact) mass is 186 g/mol. The molecule has 1 heterocycles. The average Bonchev–Trinajstić information content (AvgIpc) is 2.18. The van der Waals surface area contributed by atoms with E-state index >= 15 is 0 Å². The lowest BCUT2D eigenvalue weighted by Gasteiger charge is -2.21. The first-order chi connectivity index (χ1) is 6.11. The average molecular weight is 186 g/mol. The summed E-state index contributed by atoms with van der Waals surface area (Å²) in [6, 6.07) is -0.514. The highest BCUT2D eigenvalue weighted by Gasteiger charge is 2.27. The fourth-order valence-corrected chi connectivity index (χ4v) is 1.43. The molecule has 0 spiro atoms. The molecule has 0 aromatic carbocycles. The minimum absolute atomic E-state index is 0.123. The molecule has 1 atom stereocenters. The summed E-state index contributed by atoms with van der Waals surface area (Å²) in [5.41, 5.74) is 0. The lowest BCUT2D eigenvalue weighted by molar-refractivity contribution is -0.141. The lowest BCUT2D eigenvalue weighted by atomic mass is 10.2. The Morgan fingerprint density at radius 3 is 3.08 bits per heavy atom. The van der Waals surface area contributed by atoms with Crippen LogP contribution in [0.2, 0.25) is 0 Å². The van der Waals surface area contributed by atoms with Crippen molar-refractivity contribution in [2.75, 3.05) is 20.1 Å². The summed E-state index contributed by atoms with van der Waals surface area (Å²) in [4.78, 5) is 23.6. The molecular formula is C8H14N2O3. The predicted octanol–water partition coefficient (Wildman–Crippen LogP) is -0.719. The van der Waals surface area contributed by atoms with Gasteiger partial charge in [-0.2, -0.15) is 0 Å². The number of rotatable bonds is 2. The molecule has 0 bridgehead atoms. The van der Waals surface area contributed by atoms with Gasteiger partial charge in [0.2, 0.25) is 5.91 Å². The summed E-state index contributed by atoms with van der Waals surface area (Å²) in [5, 5.41) is 11.3. The van der Waals surface area contributed by atoms with Crippen molar-refractivity contribution in [1.82, 2.24) is 10.2 Å². The first kappa shape index (κ1) is 9.98. The number of hydrogen-bond acceptors (Lipinski definition) is 3. The minimum atomic E-state index is -0.936. The van der Waals surface area contributed by atoms with Crippen LogP contribution >= 0.6 is 0 Å². The molecule has 1 aliphatic heterocycles. The fraction of sp³-hybridized carbons (Fsp3) is 0.750. The zero-order valence-corrected chi connectivity index (χ0v) is 7.62. The van der Waals surface area contributed by atoms with Gasteiger partial charge >= 0.3 is 5.97 Å². The molecule has 0 aliphatic carbocycles. The Kier molecular flexibility index (Phi) is 3.25. The molecule has 0 saturated carbocycles. The highest BCUT2D eigenvalue weighted by Crippen LogP contribution is 2.06. The Hall–Kier alpha value is -1.10. The normalized spacial score (nSPS) is 25.0. The Bertz CT molecular complexity index is 217. The molecule has 0 aromatic heterocycles. The second kappa shape index (κ2) is 4.23. The molecule has 5 nitrogen and oxygen atoms in total. The van der Waals surface area contributed by atoms with E-state index in [1.165, 1.54) is 0 Å². The first-order valence-electron chi connectivity index (χ1n) is 4.31. The maximum Gasteiger partial charge on any atom is 0.305 e. The van der Waals surface area contributed by atoms with E-state index in [9.17, 15) is 9.59 Å². The summed E-state index contributed by atoms with van der Waals surface area (Å²) in [7, 11) is 1.78. The molecule has 5 heteroatoms. The van der Waals surface area contributed by atoms with E-state index in [-0.39, 0.29) is 12.3 Å². The molecule has 1 unspecified atom stereocenters. The SMILES string of the molecule is CN1CCCNC(=O)C1CC(=O)O. The number of nitrogens with zero attached hydrogens (tertiary/aromatic N) is 1. The third-order valence-electron chi connectivity index (χ3n) is 2.19. The molecule has 0 radical (unpaired) electrons. The van der Waals surface area contributed by atoms with Crippen LogP contribution in [0.4, 0.5) is 0 Å². The van der Waals surface area contributed by atoms with E-state index in [1.807, 2.05) is 0 Å². The second-order valence-corrected chi connectivity index (χ2v) is 3.24. The van der Waals surface area contributed by atoms with E-state index in [4.69, 9.17) is 5.11 Å². The van der Waals surface area contributed by atoms with Gasteiger partial charge in [-0.15, -0.1) is 0 Å². The van der Waals surface area contributed by atoms with Gasteiger partial charge in [0.05, 0.1) is 12.5 Å². The third kappa shape index (κ3) is 2.69. The van der Waals surface area contributed by atoms with Gasteiger partial charge < -0.3 is 10.4 Å². The number of carbonyl (C=O) groups is 2. The van der Waals surface area contributed by atoms with Gasteiger partial charge in [0, 0.05) is 13.1 Å². The highest BCUT2D eigenvalue weighted by atomic mass is 16.4. The molecule has 1 saturated heterocycles. The molecule has 2 N–H and O–H groups in total. The fourth-order valence-electron chi connectivity index (χ4n) is 1.43. The van der Waals surface area contributed by atoms with Crippen LogP contribution in [0.3, 0.4) is 0 Å². The van der Waals surface area contributed by atoms with Gasteiger partial charge in [-0.1, -0.05) is 0 Å². The zero-order chi connectivity index (χ0) is 9.84. The number of hydrogen-bond donors (Lipinski definition) is 2. The molecular weight excluding hydrogens is 172 g/mol. The third-order valence-corrected chi connectivity index (χ3v) is 2.19. The van der Waals surface area contributed by atoms with E-state index in [1.54, 1.807) is 11.9 Å². The maximum atomic E-state index is 11.3. The zero-order valence-electron chi connectivity index (χ0n) is 7.62. The summed E-state index contributed by atoms with van der Waals surface area (Å²) < 4.78 is 0. The quantitative estimate of drug-likeness (QED) is 0.597. The van der Waals surface area contributed by atoms with E-state index in [2.05, 4.69) is 5.32 Å². The predicted molar refractivity (Wildman–Crippen MR) is 46.3 cm³/mol. The van der Waals surface area contributed by atoms with Crippen molar-refractivity contribution in [3.63, 3.8) is 0 Å². The molecule has 1 amide bonds. The number of aliphatic carboxylic acids is 1. The second-order valence-electron chi connectivity index (χ2n) is 3.24. The standard InChI is InChI=1S/C8H14N2O3/c1-10-4-2-3-9-8(13)6(10)5-7(11)12/h6H,2-5H2,1H3,(H,9,13)(H,11,12). The van der Waals surface area contributed by atoms with Crippen molar-refractivity contribution in [2.45, 2.75) is 18.9 Å². The van der Waals surface area contributed by atoms with Gasteiger partial charge in [-0.25, -0.2) is 0 Å². The summed E-state index contributed by atoms with van der Waals surface area (Å²) in [6.07, 6.45) is 0.751. The summed E-state index contributed by atoms with van der Waals surface area (Å²) in [6.45, 7) is 1.40. The van der Waals surface area contributed by atoms with Gasteiger partial charge in [0.1, 0.15) is 0 Å². The van der Waals surface area contributed by atoms with Crippen LogP contribution in [0.15, 0.2) is 0 Å². The van der Waals surface area contributed by atoms with Crippen LogP contribution < -0.4 is 5.32 Å². The Balaban J connectivity index is 2.63. The summed E-state index contributed by atoms with van der Waals surface area (Å²) in [5.74, 6) is -1.11. The first-order valence-corrected chi connectivity index (χ1v) is 4.31. The number of likely N-dealkylation sites (N-methyl/N-ethyl adjacent to an activating group) is 1. The van der Waals surface area contributed by atoms with Crippen LogP contribution in [0.1, 0.15) is 12.8 Å². The maximum absolute atomic E-state index is 11.3. The van der Waals surface area contributed by atoms with Crippen molar-refractivity contribution in [3.8, 4) is 0 Å². The highest BCUT2D eigenvalue weighted by molar-refractivity contribution is 5.86. The molecule has 13 heavy (non-hydrogen) atoms. The van der Waals surface area contributed by atoms with Gasteiger partial charge in [0.15, 0.2) is 0 Å². The van der Waals surface area contributed by atoms with Crippen LogP contribution in [0, 0.1) is 0 Å². The number of carboxylic acid groups (broad SMARTS) is 1. The number of nitrogens with one attached hydrogen (secondary N) is 1. The van der Waals surface area contributed by atoms with E-state index < -0.39 is 12.0 Å². The molecule has 1 aliphatic rings. The molecule has 0 aromatic rings. The van der Waals surface area contributed by atoms with Crippen LogP contribution in [-0.2, 0) is 9.59 Å². The van der Waals surface area contributed by atoms with Crippen molar-refractivity contribution >= 4 is 11.9 Å². The van der Waals surface area contributed by atoms with Gasteiger partial charge in [-0.3, -0.25) is 14.5 Å². The Morgan fingerprint density at radius 1 is 1.77 bits per heavy atom. The smallest absolute Gasteiger partial charge is 0.305 e. The Morgan fingerprint density at radius 2 is 2.46 bits per heavy atom. The lowest BCUT2D eigenvalue weighted by Crippen LogP contribution is -2.43.